The summed E-state index contributed by atoms with van der Waals surface area (Å²) in [5.74, 6) is 0. The van der Waals surface area contributed by atoms with Gasteiger partial charge >= 0.3 is 0 Å². The average molecular weight is 143 g/mol. The molecule has 1 atom stereocenters. The second-order valence-electron chi connectivity index (χ2n) is 2.56. The van der Waals surface area contributed by atoms with Gasteiger partial charge in [-0.2, -0.15) is 0 Å². The Morgan fingerprint density at radius 2 is 2.40 bits per heavy atom. The summed E-state index contributed by atoms with van der Waals surface area (Å²) in [5, 5.41) is 0. The molecule has 1 heterocycles. The third kappa shape index (κ3) is 2.67. The molecule has 1 saturated heterocycles. The van der Waals surface area contributed by atoms with Crippen molar-refractivity contribution in [2.45, 2.75) is 25.4 Å². The smallest absolute Gasteiger partial charge is 0.0808 e. The summed E-state index contributed by atoms with van der Waals surface area (Å²) in [6.07, 6.45) is 3.99. The van der Waals surface area contributed by atoms with Crippen molar-refractivity contribution in [2.24, 2.45) is 0 Å². The van der Waals surface area contributed by atoms with Crippen molar-refractivity contribution >= 4 is 0 Å². The molecule has 0 amide bonds. The average Bonchev–Trinajstić information content (AvgIpc) is 2.03. The first-order chi connectivity index (χ1) is 4.93. The minimum atomic E-state index is 0.343. The molecule has 0 aromatic carbocycles. The Labute approximate surface area is 62.5 Å². The molecule has 0 N–H and O–H groups in total. The highest BCUT2D eigenvalue weighted by Crippen LogP contribution is 2.12. The quantitative estimate of drug-likeness (QED) is 0.594. The first-order valence-electron chi connectivity index (χ1n) is 3.92. The fraction of sp³-hybridized carbons (Fsp3) is 0.875. The van der Waals surface area contributed by atoms with Crippen LogP contribution in [0.1, 0.15) is 19.3 Å². The van der Waals surface area contributed by atoms with E-state index in [-0.39, 0.29) is 0 Å². The minimum absolute atomic E-state index is 0.343. The molecule has 1 aliphatic heterocycles. The zero-order chi connectivity index (χ0) is 7.23. The van der Waals surface area contributed by atoms with E-state index in [9.17, 15) is 0 Å². The van der Waals surface area contributed by atoms with Crippen LogP contribution in [0.4, 0.5) is 0 Å². The van der Waals surface area contributed by atoms with E-state index in [1.165, 1.54) is 12.8 Å². The van der Waals surface area contributed by atoms with Crippen molar-refractivity contribution in [2.75, 3.05) is 19.8 Å². The number of hydrogen-bond donors (Lipinski definition) is 0. The normalized spacial score (nSPS) is 26.7. The van der Waals surface area contributed by atoms with Crippen LogP contribution in [0.25, 0.3) is 0 Å². The van der Waals surface area contributed by atoms with Crippen LogP contribution in [0.2, 0.25) is 0 Å². The Morgan fingerprint density at radius 3 is 3.00 bits per heavy atom. The lowest BCUT2D eigenvalue weighted by molar-refractivity contribution is -0.0356. The Bertz CT molecular complexity index is 77.3. The van der Waals surface area contributed by atoms with Crippen LogP contribution in [-0.2, 0) is 9.47 Å². The van der Waals surface area contributed by atoms with E-state index in [4.69, 9.17) is 9.47 Å². The fourth-order valence-electron chi connectivity index (χ4n) is 1.15. The SMILES string of the molecule is [CH2]COCC1CCCCO1. The Balaban J connectivity index is 2.02. The molecule has 59 valence electrons. The van der Waals surface area contributed by atoms with E-state index >= 15 is 0 Å². The van der Waals surface area contributed by atoms with Crippen LogP contribution < -0.4 is 0 Å². The Hall–Kier alpha value is -0.0800. The van der Waals surface area contributed by atoms with Gasteiger partial charge in [0.25, 0.3) is 0 Å². The van der Waals surface area contributed by atoms with Crippen molar-refractivity contribution in [3.05, 3.63) is 6.92 Å². The highest BCUT2D eigenvalue weighted by molar-refractivity contribution is 4.62. The van der Waals surface area contributed by atoms with Gasteiger partial charge in [0.15, 0.2) is 0 Å². The molecule has 1 rings (SSSR count). The van der Waals surface area contributed by atoms with Crippen LogP contribution in [0.5, 0.6) is 0 Å². The lowest BCUT2D eigenvalue weighted by Gasteiger charge is -2.21. The monoisotopic (exact) mass is 143 g/mol. The second kappa shape index (κ2) is 4.69. The maximum Gasteiger partial charge on any atom is 0.0808 e. The van der Waals surface area contributed by atoms with Gasteiger partial charge in [-0.1, -0.05) is 0 Å². The molecule has 1 radical (unpaired) electrons. The second-order valence-corrected chi connectivity index (χ2v) is 2.56. The summed E-state index contributed by atoms with van der Waals surface area (Å²) in [6, 6.07) is 0. The van der Waals surface area contributed by atoms with E-state index in [1.54, 1.807) is 0 Å². The summed E-state index contributed by atoms with van der Waals surface area (Å²) in [5.41, 5.74) is 0. The van der Waals surface area contributed by atoms with Crippen LogP contribution in [-0.4, -0.2) is 25.9 Å². The van der Waals surface area contributed by atoms with Gasteiger partial charge in [0.2, 0.25) is 0 Å². The Morgan fingerprint density at radius 1 is 1.50 bits per heavy atom. The summed E-state index contributed by atoms with van der Waals surface area (Å²) in [4.78, 5) is 0. The largest absolute Gasteiger partial charge is 0.379 e. The predicted molar refractivity (Wildman–Crippen MR) is 39.8 cm³/mol. The third-order valence-electron chi connectivity index (χ3n) is 1.72. The van der Waals surface area contributed by atoms with Crippen molar-refractivity contribution in [1.29, 1.82) is 0 Å². The molecule has 1 fully saturated rings. The van der Waals surface area contributed by atoms with Gasteiger partial charge in [-0.15, -0.1) is 0 Å². The molecule has 0 bridgehead atoms. The van der Waals surface area contributed by atoms with E-state index in [2.05, 4.69) is 6.92 Å². The summed E-state index contributed by atoms with van der Waals surface area (Å²) in [6.45, 7) is 5.78. The lowest BCUT2D eigenvalue weighted by Crippen LogP contribution is -2.24. The van der Waals surface area contributed by atoms with Crippen LogP contribution in [0.3, 0.4) is 0 Å². The van der Waals surface area contributed by atoms with Crippen LogP contribution >= 0.6 is 0 Å². The minimum Gasteiger partial charge on any atom is -0.379 e. The fourth-order valence-corrected chi connectivity index (χ4v) is 1.15. The molecule has 1 aliphatic rings. The van der Waals surface area contributed by atoms with E-state index in [0.717, 1.165) is 19.6 Å². The van der Waals surface area contributed by atoms with E-state index in [1.807, 2.05) is 0 Å². The molecule has 0 aliphatic carbocycles. The molecule has 1 unspecified atom stereocenters. The highest BCUT2D eigenvalue weighted by Gasteiger charge is 2.12. The molecule has 2 heteroatoms. The summed E-state index contributed by atoms with van der Waals surface area (Å²) in [7, 11) is 0. The lowest BCUT2D eigenvalue weighted by atomic mass is 10.1. The van der Waals surface area contributed by atoms with E-state index < -0.39 is 0 Å². The number of hydrogen-bond acceptors (Lipinski definition) is 2. The molecule has 10 heavy (non-hydrogen) atoms. The third-order valence-corrected chi connectivity index (χ3v) is 1.72. The standard InChI is InChI=1S/C8H15O2/c1-2-9-7-8-5-3-4-6-10-8/h8H,1-7H2. The maximum atomic E-state index is 5.43. The van der Waals surface area contributed by atoms with Crippen LogP contribution in [0.15, 0.2) is 0 Å². The molecule has 0 aromatic heterocycles. The van der Waals surface area contributed by atoms with Gasteiger partial charge in [0.05, 0.1) is 12.7 Å². The first kappa shape index (κ1) is 8.02. The topological polar surface area (TPSA) is 18.5 Å². The van der Waals surface area contributed by atoms with Gasteiger partial charge < -0.3 is 9.47 Å². The number of rotatable bonds is 3. The molecule has 2 nitrogen and oxygen atoms in total. The van der Waals surface area contributed by atoms with Gasteiger partial charge in [0.1, 0.15) is 0 Å². The summed E-state index contributed by atoms with van der Waals surface area (Å²) < 4.78 is 10.6. The predicted octanol–water partition coefficient (Wildman–Crippen LogP) is 1.41. The molecule has 0 aromatic rings. The zero-order valence-electron chi connectivity index (χ0n) is 6.34. The van der Waals surface area contributed by atoms with Gasteiger partial charge in [0, 0.05) is 13.2 Å². The molecule has 0 saturated carbocycles. The number of ether oxygens (including phenoxy) is 2. The summed E-state index contributed by atoms with van der Waals surface area (Å²) >= 11 is 0. The molecule has 0 spiro atoms. The van der Waals surface area contributed by atoms with Gasteiger partial charge in [-0.25, -0.2) is 0 Å². The van der Waals surface area contributed by atoms with Crippen LogP contribution in [0, 0.1) is 6.92 Å². The van der Waals surface area contributed by atoms with Gasteiger partial charge in [-0.3, -0.25) is 0 Å². The zero-order valence-corrected chi connectivity index (χ0v) is 6.34. The highest BCUT2D eigenvalue weighted by atomic mass is 16.5. The van der Waals surface area contributed by atoms with Crippen molar-refractivity contribution < 1.29 is 9.47 Å². The van der Waals surface area contributed by atoms with E-state index in [0.29, 0.717) is 12.7 Å². The maximum absolute atomic E-state index is 5.43. The Kier molecular flexibility index (Phi) is 3.76. The molecular formula is C8H15O2. The van der Waals surface area contributed by atoms with Crippen molar-refractivity contribution in [1.82, 2.24) is 0 Å². The van der Waals surface area contributed by atoms with Crippen molar-refractivity contribution in [3.8, 4) is 0 Å². The van der Waals surface area contributed by atoms with Crippen molar-refractivity contribution in [3.63, 3.8) is 0 Å². The van der Waals surface area contributed by atoms with Gasteiger partial charge in [-0.05, 0) is 26.2 Å². The molecular weight excluding hydrogens is 128 g/mol. The first-order valence-corrected chi connectivity index (χ1v) is 3.92.